The molecule has 1 aromatic rings. The summed E-state index contributed by atoms with van der Waals surface area (Å²) in [5, 5.41) is 29.6. The van der Waals surface area contributed by atoms with Crippen molar-refractivity contribution >= 4 is 23.3 Å². The van der Waals surface area contributed by atoms with Gasteiger partial charge in [-0.3, -0.25) is 24.5 Å². The molecule has 2 N–H and O–H groups in total. The van der Waals surface area contributed by atoms with E-state index in [1.807, 2.05) is 0 Å². The van der Waals surface area contributed by atoms with Gasteiger partial charge in [0.2, 0.25) is 0 Å². The number of amides is 1. The average molecular weight is 376 g/mol. The van der Waals surface area contributed by atoms with E-state index in [2.05, 4.69) is 0 Å². The van der Waals surface area contributed by atoms with Crippen LogP contribution in [0.5, 0.6) is 0 Å². The van der Waals surface area contributed by atoms with Gasteiger partial charge < -0.3 is 15.1 Å². The fourth-order valence-electron chi connectivity index (χ4n) is 3.10. The van der Waals surface area contributed by atoms with E-state index < -0.39 is 34.4 Å². The molecule has 0 radical (unpaired) electrons. The molecular weight excluding hydrogens is 356 g/mol. The smallest absolute Gasteiger partial charge is 0.303 e. The largest absolute Gasteiger partial charge is 0.503 e. The number of rotatable bonds is 9. The number of carboxylic acid groups (broad SMARTS) is 1. The van der Waals surface area contributed by atoms with Crippen LogP contribution in [0.3, 0.4) is 0 Å². The van der Waals surface area contributed by atoms with Gasteiger partial charge in [-0.05, 0) is 37.5 Å². The van der Waals surface area contributed by atoms with Crippen LogP contribution >= 0.6 is 0 Å². The molecule has 1 atom stereocenters. The molecule has 1 aliphatic heterocycles. The van der Waals surface area contributed by atoms with Gasteiger partial charge in [0.15, 0.2) is 11.5 Å². The lowest BCUT2D eigenvalue weighted by Crippen LogP contribution is -2.32. The number of aliphatic hydroxyl groups is 1. The SMILES string of the molecule is CC(=O)C1=C(O)C(=O)N(CCCCCC(=O)O)[C@@H]1c1ccc([N+](=O)[O-])cc1. The molecule has 1 heterocycles. The van der Waals surface area contributed by atoms with Crippen LogP contribution in [0.15, 0.2) is 35.6 Å². The standard InChI is InChI=1S/C18H20N2O7/c1-11(21)15-16(12-6-8-13(9-7-12)20(26)27)19(18(25)17(15)24)10-4-2-3-5-14(22)23/h6-9,16,24H,2-5,10H2,1H3,(H,22,23)/t16-/m1/s1. The monoisotopic (exact) mass is 376 g/mol. The molecule has 0 saturated heterocycles. The summed E-state index contributed by atoms with van der Waals surface area (Å²) in [5.41, 5.74) is 0.314. The van der Waals surface area contributed by atoms with Crippen LogP contribution in [0.4, 0.5) is 5.69 Å². The molecule has 0 fully saturated rings. The minimum absolute atomic E-state index is 0.0297. The van der Waals surface area contributed by atoms with Gasteiger partial charge in [0.05, 0.1) is 16.5 Å². The predicted molar refractivity (Wildman–Crippen MR) is 94.0 cm³/mol. The van der Waals surface area contributed by atoms with E-state index in [1.165, 1.54) is 36.1 Å². The highest BCUT2D eigenvalue weighted by Gasteiger charge is 2.42. The zero-order valence-electron chi connectivity index (χ0n) is 14.8. The van der Waals surface area contributed by atoms with Crippen LogP contribution in [0.1, 0.15) is 44.2 Å². The second kappa shape index (κ2) is 8.43. The van der Waals surface area contributed by atoms with Gasteiger partial charge in [0.1, 0.15) is 0 Å². The van der Waals surface area contributed by atoms with Gasteiger partial charge in [-0.15, -0.1) is 0 Å². The minimum atomic E-state index is -0.894. The molecule has 2 rings (SSSR count). The Morgan fingerprint density at radius 3 is 2.33 bits per heavy atom. The van der Waals surface area contributed by atoms with E-state index in [1.54, 1.807) is 0 Å². The van der Waals surface area contributed by atoms with E-state index >= 15 is 0 Å². The number of aliphatic hydroxyl groups excluding tert-OH is 1. The maximum absolute atomic E-state index is 12.4. The Morgan fingerprint density at radius 2 is 1.81 bits per heavy atom. The van der Waals surface area contributed by atoms with Crippen molar-refractivity contribution in [2.45, 2.75) is 38.6 Å². The summed E-state index contributed by atoms with van der Waals surface area (Å²) in [5.74, 6) is -2.65. The molecule has 9 nitrogen and oxygen atoms in total. The minimum Gasteiger partial charge on any atom is -0.503 e. The van der Waals surface area contributed by atoms with Crippen molar-refractivity contribution in [1.29, 1.82) is 0 Å². The Kier molecular flexibility index (Phi) is 6.27. The molecular formula is C18H20N2O7. The number of carbonyl (C=O) groups is 3. The maximum Gasteiger partial charge on any atom is 0.303 e. The van der Waals surface area contributed by atoms with Gasteiger partial charge >= 0.3 is 5.97 Å². The first-order chi connectivity index (χ1) is 12.7. The number of nitro benzene ring substituents is 1. The number of nitro groups is 1. The zero-order valence-corrected chi connectivity index (χ0v) is 14.8. The summed E-state index contributed by atoms with van der Waals surface area (Å²) in [6.07, 6.45) is 1.56. The highest BCUT2D eigenvalue weighted by molar-refractivity contribution is 6.08. The van der Waals surface area contributed by atoms with Crippen molar-refractivity contribution in [3.8, 4) is 0 Å². The molecule has 0 bridgehead atoms. The Labute approximate surface area is 155 Å². The molecule has 0 aliphatic carbocycles. The van der Waals surface area contributed by atoms with Gasteiger partial charge in [-0.2, -0.15) is 0 Å². The number of aliphatic carboxylic acids is 1. The summed E-state index contributed by atoms with van der Waals surface area (Å²) in [6.45, 7) is 1.47. The number of nitrogens with zero attached hydrogens (tertiary/aromatic N) is 2. The highest BCUT2D eigenvalue weighted by atomic mass is 16.6. The molecule has 0 aromatic heterocycles. The van der Waals surface area contributed by atoms with Crippen LogP contribution in [0.2, 0.25) is 0 Å². The molecule has 1 amide bonds. The van der Waals surface area contributed by atoms with Crippen LogP contribution < -0.4 is 0 Å². The predicted octanol–water partition coefficient (Wildman–Crippen LogP) is 2.52. The van der Waals surface area contributed by atoms with E-state index in [-0.39, 0.29) is 24.2 Å². The summed E-state index contributed by atoms with van der Waals surface area (Å²) < 4.78 is 0. The Hall–Kier alpha value is -3.23. The van der Waals surface area contributed by atoms with Gasteiger partial charge in [-0.1, -0.05) is 6.42 Å². The third kappa shape index (κ3) is 4.49. The number of ketones is 1. The van der Waals surface area contributed by atoms with Gasteiger partial charge in [0.25, 0.3) is 11.6 Å². The summed E-state index contributed by atoms with van der Waals surface area (Å²) in [7, 11) is 0. The average Bonchev–Trinajstić information content (AvgIpc) is 2.86. The Morgan fingerprint density at radius 1 is 1.19 bits per heavy atom. The lowest BCUT2D eigenvalue weighted by molar-refractivity contribution is -0.384. The topological polar surface area (TPSA) is 138 Å². The van der Waals surface area contributed by atoms with Crippen LogP contribution in [-0.4, -0.2) is 44.2 Å². The van der Waals surface area contributed by atoms with Crippen molar-refractivity contribution in [3.63, 3.8) is 0 Å². The normalized spacial score (nSPS) is 16.7. The van der Waals surface area contributed by atoms with Crippen molar-refractivity contribution < 1.29 is 29.5 Å². The highest BCUT2D eigenvalue weighted by Crippen LogP contribution is 2.38. The molecule has 0 saturated carbocycles. The number of unbranched alkanes of at least 4 members (excludes halogenated alkanes) is 2. The lowest BCUT2D eigenvalue weighted by atomic mass is 9.96. The second-order valence-corrected chi connectivity index (χ2v) is 6.27. The summed E-state index contributed by atoms with van der Waals surface area (Å²) in [4.78, 5) is 46.6. The molecule has 27 heavy (non-hydrogen) atoms. The zero-order chi connectivity index (χ0) is 20.1. The molecule has 1 aromatic carbocycles. The number of Topliss-reactive ketones (excluding diaryl/α,β-unsaturated/α-hetero) is 1. The molecule has 9 heteroatoms. The third-order valence-electron chi connectivity index (χ3n) is 4.39. The number of hydrogen-bond donors (Lipinski definition) is 2. The lowest BCUT2D eigenvalue weighted by Gasteiger charge is -2.26. The molecule has 0 unspecified atom stereocenters. The molecule has 1 aliphatic rings. The Balaban J connectivity index is 2.23. The number of carboxylic acids is 1. The van der Waals surface area contributed by atoms with E-state index in [4.69, 9.17) is 5.11 Å². The fraction of sp³-hybridized carbons (Fsp3) is 0.389. The van der Waals surface area contributed by atoms with Crippen molar-refractivity contribution in [1.82, 2.24) is 4.90 Å². The number of benzene rings is 1. The fourth-order valence-corrected chi connectivity index (χ4v) is 3.10. The first kappa shape index (κ1) is 20.1. The van der Waals surface area contributed by atoms with Crippen molar-refractivity contribution in [3.05, 3.63) is 51.3 Å². The summed E-state index contributed by atoms with van der Waals surface area (Å²) in [6, 6.07) is 4.63. The first-order valence-electron chi connectivity index (χ1n) is 8.45. The van der Waals surface area contributed by atoms with Crippen LogP contribution in [0, 0.1) is 10.1 Å². The van der Waals surface area contributed by atoms with E-state index in [9.17, 15) is 29.6 Å². The quantitative estimate of drug-likeness (QED) is 0.383. The number of hydrogen-bond acceptors (Lipinski definition) is 6. The van der Waals surface area contributed by atoms with E-state index in [0.717, 1.165) is 0 Å². The maximum atomic E-state index is 12.4. The van der Waals surface area contributed by atoms with Crippen LogP contribution in [0.25, 0.3) is 0 Å². The second-order valence-electron chi connectivity index (χ2n) is 6.27. The van der Waals surface area contributed by atoms with Crippen LogP contribution in [-0.2, 0) is 14.4 Å². The van der Waals surface area contributed by atoms with Crippen molar-refractivity contribution in [2.75, 3.05) is 6.54 Å². The number of carbonyl (C=O) groups excluding carboxylic acids is 2. The Bertz CT molecular complexity index is 798. The molecule has 0 spiro atoms. The third-order valence-corrected chi connectivity index (χ3v) is 4.39. The van der Waals surface area contributed by atoms with Gasteiger partial charge in [-0.25, -0.2) is 0 Å². The van der Waals surface area contributed by atoms with Crippen molar-refractivity contribution in [2.24, 2.45) is 0 Å². The van der Waals surface area contributed by atoms with E-state index in [0.29, 0.717) is 24.8 Å². The number of non-ortho nitro benzene ring substituents is 1. The molecule has 144 valence electrons. The summed E-state index contributed by atoms with van der Waals surface area (Å²) >= 11 is 0. The van der Waals surface area contributed by atoms with Gasteiger partial charge in [0, 0.05) is 25.1 Å². The first-order valence-corrected chi connectivity index (χ1v) is 8.45.